The molecule has 15 heavy (non-hydrogen) atoms. The van der Waals surface area contributed by atoms with Crippen LogP contribution in [-0.2, 0) is 6.42 Å². The maximum absolute atomic E-state index is 5.74. The van der Waals surface area contributed by atoms with Gasteiger partial charge in [-0.05, 0) is 24.8 Å². The molecule has 0 radical (unpaired) electrons. The topological polar surface area (TPSA) is 52.0 Å². The molecule has 0 aliphatic heterocycles. The Morgan fingerprint density at radius 1 is 1.00 bits per heavy atom. The van der Waals surface area contributed by atoms with Crippen LogP contribution in [0.15, 0.2) is 30.3 Å². The fraction of sp³-hybridized carbons (Fsp3) is 0.538. The van der Waals surface area contributed by atoms with Crippen LogP contribution in [-0.4, -0.2) is 12.6 Å². The zero-order valence-corrected chi connectivity index (χ0v) is 9.36. The van der Waals surface area contributed by atoms with Gasteiger partial charge in [-0.3, -0.25) is 0 Å². The summed E-state index contributed by atoms with van der Waals surface area (Å²) >= 11 is 0. The summed E-state index contributed by atoms with van der Waals surface area (Å²) in [5, 5.41) is 0. The second-order valence-corrected chi connectivity index (χ2v) is 4.08. The maximum atomic E-state index is 5.74. The summed E-state index contributed by atoms with van der Waals surface area (Å²) < 4.78 is 0. The lowest BCUT2D eigenvalue weighted by Gasteiger charge is -2.07. The Balaban J connectivity index is 2.03. The average molecular weight is 206 g/mol. The SMILES string of the molecule is NCC(N)CCCCCc1ccccc1. The number of unbranched alkanes of at least 4 members (excludes halogenated alkanes) is 2. The van der Waals surface area contributed by atoms with Crippen molar-refractivity contribution >= 4 is 0 Å². The van der Waals surface area contributed by atoms with Crippen molar-refractivity contribution in [1.82, 2.24) is 0 Å². The molecule has 1 rings (SSSR count). The Hall–Kier alpha value is -0.860. The van der Waals surface area contributed by atoms with E-state index in [4.69, 9.17) is 11.5 Å². The van der Waals surface area contributed by atoms with E-state index in [0.717, 1.165) is 6.42 Å². The van der Waals surface area contributed by atoms with Crippen LogP contribution in [0.5, 0.6) is 0 Å². The van der Waals surface area contributed by atoms with Crippen molar-refractivity contribution in [1.29, 1.82) is 0 Å². The third-order valence-corrected chi connectivity index (χ3v) is 2.69. The molecule has 0 aromatic heterocycles. The number of benzene rings is 1. The van der Waals surface area contributed by atoms with Crippen LogP contribution in [0.25, 0.3) is 0 Å². The lowest BCUT2D eigenvalue weighted by Crippen LogP contribution is -2.29. The van der Waals surface area contributed by atoms with Crippen molar-refractivity contribution in [2.45, 2.75) is 38.1 Å². The van der Waals surface area contributed by atoms with Crippen molar-refractivity contribution in [3.63, 3.8) is 0 Å². The first-order valence-electron chi connectivity index (χ1n) is 5.82. The summed E-state index contributed by atoms with van der Waals surface area (Å²) in [6.07, 6.45) is 5.94. The molecule has 0 aliphatic rings. The molecular formula is C13H22N2. The van der Waals surface area contributed by atoms with Crippen LogP contribution in [0.2, 0.25) is 0 Å². The van der Waals surface area contributed by atoms with E-state index < -0.39 is 0 Å². The second kappa shape index (κ2) is 7.43. The number of aryl methyl sites for hydroxylation is 1. The molecule has 0 saturated heterocycles. The first-order valence-corrected chi connectivity index (χ1v) is 5.82. The summed E-state index contributed by atoms with van der Waals surface area (Å²) in [6.45, 7) is 0.610. The summed E-state index contributed by atoms with van der Waals surface area (Å²) in [7, 11) is 0. The van der Waals surface area contributed by atoms with Crippen LogP contribution in [0.4, 0.5) is 0 Å². The first-order chi connectivity index (χ1) is 7.33. The number of hydrogen-bond donors (Lipinski definition) is 2. The van der Waals surface area contributed by atoms with Gasteiger partial charge in [-0.2, -0.15) is 0 Å². The Morgan fingerprint density at radius 3 is 2.40 bits per heavy atom. The molecule has 1 aromatic rings. The molecular weight excluding hydrogens is 184 g/mol. The molecule has 0 fully saturated rings. The highest BCUT2D eigenvalue weighted by atomic mass is 14.7. The Bertz CT molecular complexity index is 246. The zero-order valence-electron chi connectivity index (χ0n) is 9.36. The van der Waals surface area contributed by atoms with Crippen molar-refractivity contribution in [3.8, 4) is 0 Å². The van der Waals surface area contributed by atoms with E-state index in [2.05, 4.69) is 30.3 Å². The van der Waals surface area contributed by atoms with Gasteiger partial charge in [-0.1, -0.05) is 43.2 Å². The second-order valence-electron chi connectivity index (χ2n) is 4.08. The van der Waals surface area contributed by atoms with E-state index in [-0.39, 0.29) is 6.04 Å². The number of rotatable bonds is 7. The van der Waals surface area contributed by atoms with Gasteiger partial charge in [0.25, 0.3) is 0 Å². The molecule has 0 aliphatic carbocycles. The predicted octanol–water partition coefficient (Wildman–Crippen LogP) is 2.08. The molecule has 0 saturated carbocycles. The van der Waals surface area contributed by atoms with Gasteiger partial charge in [-0.25, -0.2) is 0 Å². The smallest absolute Gasteiger partial charge is 0.0163 e. The van der Waals surface area contributed by atoms with Gasteiger partial charge in [0.2, 0.25) is 0 Å². The Kier molecular flexibility index (Phi) is 6.05. The van der Waals surface area contributed by atoms with Crippen molar-refractivity contribution in [2.75, 3.05) is 6.54 Å². The van der Waals surface area contributed by atoms with Gasteiger partial charge in [0.15, 0.2) is 0 Å². The summed E-state index contributed by atoms with van der Waals surface area (Å²) in [4.78, 5) is 0. The van der Waals surface area contributed by atoms with E-state index in [1.807, 2.05) is 0 Å². The van der Waals surface area contributed by atoms with E-state index in [1.54, 1.807) is 0 Å². The normalized spacial score (nSPS) is 12.7. The van der Waals surface area contributed by atoms with Gasteiger partial charge >= 0.3 is 0 Å². The van der Waals surface area contributed by atoms with Gasteiger partial charge in [0, 0.05) is 12.6 Å². The maximum Gasteiger partial charge on any atom is 0.0163 e. The minimum atomic E-state index is 0.196. The third kappa shape index (κ3) is 5.55. The molecule has 4 N–H and O–H groups in total. The molecule has 2 nitrogen and oxygen atoms in total. The van der Waals surface area contributed by atoms with Crippen LogP contribution in [0.1, 0.15) is 31.2 Å². The van der Waals surface area contributed by atoms with E-state index in [9.17, 15) is 0 Å². The third-order valence-electron chi connectivity index (χ3n) is 2.69. The highest BCUT2D eigenvalue weighted by molar-refractivity contribution is 5.14. The standard InChI is InChI=1S/C13H22N2/c14-11-13(15)10-6-2-5-9-12-7-3-1-4-8-12/h1,3-4,7-8,13H,2,5-6,9-11,14-15H2. The van der Waals surface area contributed by atoms with Gasteiger partial charge in [0.1, 0.15) is 0 Å². The lowest BCUT2D eigenvalue weighted by molar-refractivity contribution is 0.557. The van der Waals surface area contributed by atoms with Crippen molar-refractivity contribution < 1.29 is 0 Å². The molecule has 0 spiro atoms. The molecule has 1 unspecified atom stereocenters. The molecule has 0 amide bonds. The van der Waals surface area contributed by atoms with Gasteiger partial charge < -0.3 is 11.5 Å². The minimum Gasteiger partial charge on any atom is -0.329 e. The predicted molar refractivity (Wildman–Crippen MR) is 65.6 cm³/mol. The van der Waals surface area contributed by atoms with Gasteiger partial charge in [-0.15, -0.1) is 0 Å². The summed E-state index contributed by atoms with van der Waals surface area (Å²) in [5.74, 6) is 0. The minimum absolute atomic E-state index is 0.196. The van der Waals surface area contributed by atoms with Crippen LogP contribution in [0, 0.1) is 0 Å². The van der Waals surface area contributed by atoms with Crippen molar-refractivity contribution in [2.24, 2.45) is 11.5 Å². The van der Waals surface area contributed by atoms with Crippen LogP contribution in [0.3, 0.4) is 0 Å². The van der Waals surface area contributed by atoms with Crippen LogP contribution < -0.4 is 11.5 Å². The van der Waals surface area contributed by atoms with Gasteiger partial charge in [0.05, 0.1) is 0 Å². The van der Waals surface area contributed by atoms with Crippen molar-refractivity contribution in [3.05, 3.63) is 35.9 Å². The highest BCUT2D eigenvalue weighted by Gasteiger charge is 1.98. The monoisotopic (exact) mass is 206 g/mol. The first kappa shape index (κ1) is 12.2. The van der Waals surface area contributed by atoms with E-state index in [1.165, 1.54) is 31.2 Å². The summed E-state index contributed by atoms with van der Waals surface area (Å²) in [6, 6.07) is 10.8. The number of nitrogens with two attached hydrogens (primary N) is 2. The molecule has 0 heterocycles. The Morgan fingerprint density at radius 2 is 1.73 bits per heavy atom. The Labute approximate surface area is 92.7 Å². The number of hydrogen-bond acceptors (Lipinski definition) is 2. The zero-order chi connectivity index (χ0) is 10.9. The molecule has 84 valence electrons. The average Bonchev–Trinajstić information content (AvgIpc) is 2.29. The molecule has 1 aromatic carbocycles. The quantitative estimate of drug-likeness (QED) is 0.671. The van der Waals surface area contributed by atoms with E-state index >= 15 is 0 Å². The summed E-state index contributed by atoms with van der Waals surface area (Å²) in [5.41, 5.74) is 12.6. The molecule has 2 heteroatoms. The van der Waals surface area contributed by atoms with E-state index in [0.29, 0.717) is 6.54 Å². The lowest BCUT2D eigenvalue weighted by atomic mass is 10.0. The highest BCUT2D eigenvalue weighted by Crippen LogP contribution is 2.08. The van der Waals surface area contributed by atoms with Crippen LogP contribution >= 0.6 is 0 Å². The molecule has 0 bridgehead atoms. The largest absolute Gasteiger partial charge is 0.329 e. The fourth-order valence-corrected chi connectivity index (χ4v) is 1.67. The molecule has 1 atom stereocenters. The fourth-order valence-electron chi connectivity index (χ4n) is 1.67.